The summed E-state index contributed by atoms with van der Waals surface area (Å²) < 4.78 is 10.6. The minimum atomic E-state index is -0.246. The molecule has 0 aromatic heterocycles. The highest BCUT2D eigenvalue weighted by Crippen LogP contribution is 2.23. The number of nitrogens with zero attached hydrogens (tertiary/aromatic N) is 2. The second kappa shape index (κ2) is 12.9. The lowest BCUT2D eigenvalue weighted by molar-refractivity contribution is 0.0963. The number of nitrogens with one attached hydrogen (secondary N) is 1. The van der Waals surface area contributed by atoms with Crippen LogP contribution in [0.25, 0.3) is 0 Å². The molecular formula is C19H30ClIN4O3. The largest absolute Gasteiger partial charge is 0.494 e. The van der Waals surface area contributed by atoms with Crippen LogP contribution in [0, 0.1) is 0 Å². The normalized spacial score (nSPS) is 15.0. The van der Waals surface area contributed by atoms with Gasteiger partial charge in [-0.2, -0.15) is 0 Å². The summed E-state index contributed by atoms with van der Waals surface area (Å²) in [6, 6.07) is 5.81. The van der Waals surface area contributed by atoms with Crippen LogP contribution < -0.4 is 15.8 Å². The molecule has 1 aliphatic rings. The number of aliphatic imine (C=N–C) groups is 1. The Kier molecular flexibility index (Phi) is 11.4. The van der Waals surface area contributed by atoms with Crippen molar-refractivity contribution in [1.29, 1.82) is 0 Å². The van der Waals surface area contributed by atoms with Gasteiger partial charge in [-0.1, -0.05) is 11.6 Å². The van der Waals surface area contributed by atoms with Crippen LogP contribution in [0.2, 0.25) is 5.02 Å². The molecule has 3 N–H and O–H groups in total. The molecule has 0 spiro atoms. The smallest absolute Gasteiger partial charge is 0.409 e. The molecule has 7 nitrogen and oxygen atoms in total. The molecule has 1 aliphatic heterocycles. The molecule has 0 radical (unpaired) electrons. The molecule has 1 amide bonds. The average molecular weight is 525 g/mol. The van der Waals surface area contributed by atoms with Crippen molar-refractivity contribution in [1.82, 2.24) is 10.2 Å². The van der Waals surface area contributed by atoms with Crippen molar-refractivity contribution in [2.75, 3.05) is 32.8 Å². The van der Waals surface area contributed by atoms with Gasteiger partial charge >= 0.3 is 6.09 Å². The van der Waals surface area contributed by atoms with Crippen LogP contribution in [0.15, 0.2) is 23.2 Å². The van der Waals surface area contributed by atoms with Crippen LogP contribution in [0.3, 0.4) is 0 Å². The SMILES string of the molecule is CCOC(=O)N1CCC(NC(N)=NCCc2cc(Cl)ccc2OCC)CC1.I. The molecule has 1 heterocycles. The van der Waals surface area contributed by atoms with E-state index in [9.17, 15) is 4.79 Å². The van der Waals surface area contributed by atoms with Crippen molar-refractivity contribution in [2.45, 2.75) is 39.2 Å². The van der Waals surface area contributed by atoms with E-state index in [-0.39, 0.29) is 36.1 Å². The van der Waals surface area contributed by atoms with Crippen LogP contribution in [0.5, 0.6) is 5.75 Å². The Labute approximate surface area is 189 Å². The third-order valence-electron chi connectivity index (χ3n) is 4.36. The third-order valence-corrected chi connectivity index (χ3v) is 4.59. The Morgan fingerprint density at radius 3 is 2.68 bits per heavy atom. The lowest BCUT2D eigenvalue weighted by Crippen LogP contribution is -2.48. The van der Waals surface area contributed by atoms with Gasteiger partial charge in [0.15, 0.2) is 5.96 Å². The number of hydrogen-bond acceptors (Lipinski definition) is 4. The summed E-state index contributed by atoms with van der Waals surface area (Å²) >= 11 is 6.08. The number of carbonyl (C=O) groups is 1. The zero-order valence-corrected chi connectivity index (χ0v) is 19.5. The quantitative estimate of drug-likeness (QED) is 0.324. The molecule has 9 heteroatoms. The van der Waals surface area contributed by atoms with Crippen molar-refractivity contribution in [3.63, 3.8) is 0 Å². The van der Waals surface area contributed by atoms with E-state index in [1.54, 1.807) is 4.90 Å². The Hall–Kier alpha value is -1.42. The van der Waals surface area contributed by atoms with E-state index >= 15 is 0 Å². The van der Waals surface area contributed by atoms with E-state index in [1.165, 1.54) is 0 Å². The standard InChI is InChI=1S/C19H29ClN4O3.HI/c1-3-26-17-6-5-15(20)13-14(17)7-10-22-18(21)23-16-8-11-24(12-9-16)19(25)27-4-2;/h5-6,13,16H,3-4,7-12H2,1-2H3,(H3,21,22,23);1H. The first-order valence-corrected chi connectivity index (χ1v) is 9.80. The van der Waals surface area contributed by atoms with Crippen molar-refractivity contribution >= 4 is 47.6 Å². The predicted octanol–water partition coefficient (Wildman–Crippen LogP) is 3.42. The molecule has 1 aromatic carbocycles. The molecule has 0 unspecified atom stereocenters. The summed E-state index contributed by atoms with van der Waals surface area (Å²) in [4.78, 5) is 17.8. The minimum absolute atomic E-state index is 0. The number of piperidine rings is 1. The molecular weight excluding hydrogens is 495 g/mol. The fraction of sp³-hybridized carbons (Fsp3) is 0.579. The summed E-state index contributed by atoms with van der Waals surface area (Å²) in [6.07, 6.45) is 2.08. The zero-order valence-electron chi connectivity index (χ0n) is 16.4. The fourth-order valence-corrected chi connectivity index (χ4v) is 3.21. The van der Waals surface area contributed by atoms with E-state index < -0.39 is 0 Å². The monoisotopic (exact) mass is 524 g/mol. The minimum Gasteiger partial charge on any atom is -0.494 e. The summed E-state index contributed by atoms with van der Waals surface area (Å²) in [6.45, 7) is 6.62. The van der Waals surface area contributed by atoms with E-state index in [0.717, 1.165) is 24.2 Å². The van der Waals surface area contributed by atoms with Crippen molar-refractivity contribution in [2.24, 2.45) is 10.7 Å². The summed E-state index contributed by atoms with van der Waals surface area (Å²) in [5.74, 6) is 1.25. The molecule has 158 valence electrons. The molecule has 1 fully saturated rings. The van der Waals surface area contributed by atoms with Gasteiger partial charge in [0.25, 0.3) is 0 Å². The van der Waals surface area contributed by atoms with E-state index in [4.69, 9.17) is 26.8 Å². The highest BCUT2D eigenvalue weighted by atomic mass is 127. The van der Waals surface area contributed by atoms with Crippen LogP contribution in [0.4, 0.5) is 4.79 Å². The van der Waals surface area contributed by atoms with Gasteiger partial charge in [-0.25, -0.2) is 4.79 Å². The van der Waals surface area contributed by atoms with Gasteiger partial charge in [0.05, 0.1) is 13.2 Å². The van der Waals surface area contributed by atoms with Crippen molar-refractivity contribution < 1.29 is 14.3 Å². The van der Waals surface area contributed by atoms with Crippen LogP contribution in [-0.4, -0.2) is 55.8 Å². The van der Waals surface area contributed by atoms with Crippen LogP contribution in [0.1, 0.15) is 32.3 Å². The zero-order chi connectivity index (χ0) is 19.6. The topological polar surface area (TPSA) is 89.2 Å². The number of nitrogens with two attached hydrogens (primary N) is 1. The van der Waals surface area contributed by atoms with Gasteiger partial charge in [0.2, 0.25) is 0 Å². The molecule has 0 saturated carbocycles. The number of likely N-dealkylation sites (tertiary alicyclic amines) is 1. The lowest BCUT2D eigenvalue weighted by atomic mass is 10.1. The van der Waals surface area contributed by atoms with Crippen molar-refractivity contribution in [3.8, 4) is 5.75 Å². The molecule has 1 aromatic rings. The maximum absolute atomic E-state index is 11.7. The van der Waals surface area contributed by atoms with Crippen LogP contribution >= 0.6 is 35.6 Å². The number of hydrogen-bond donors (Lipinski definition) is 2. The Morgan fingerprint density at radius 1 is 1.32 bits per heavy atom. The van der Waals surface area contributed by atoms with Gasteiger partial charge in [-0.15, -0.1) is 24.0 Å². The third kappa shape index (κ3) is 7.90. The Balaban J connectivity index is 0.00000392. The highest BCUT2D eigenvalue weighted by Gasteiger charge is 2.23. The Bertz CT molecular complexity index is 652. The number of rotatable bonds is 7. The van der Waals surface area contributed by atoms with E-state index in [1.807, 2.05) is 32.0 Å². The molecule has 0 atom stereocenters. The second-order valence-electron chi connectivity index (χ2n) is 6.31. The number of halogens is 2. The fourth-order valence-electron chi connectivity index (χ4n) is 3.01. The highest BCUT2D eigenvalue weighted by molar-refractivity contribution is 14.0. The number of ether oxygens (including phenoxy) is 2. The average Bonchev–Trinajstić information content (AvgIpc) is 2.65. The van der Waals surface area contributed by atoms with Gasteiger partial charge in [-0.05, 0) is 56.9 Å². The number of amides is 1. The first-order valence-electron chi connectivity index (χ1n) is 9.42. The van der Waals surface area contributed by atoms with Gasteiger partial charge < -0.3 is 25.4 Å². The van der Waals surface area contributed by atoms with Gasteiger partial charge in [0.1, 0.15) is 5.75 Å². The number of carbonyl (C=O) groups excluding carboxylic acids is 1. The van der Waals surface area contributed by atoms with Crippen LogP contribution in [-0.2, 0) is 11.2 Å². The van der Waals surface area contributed by atoms with Gasteiger partial charge in [0, 0.05) is 30.7 Å². The predicted molar refractivity (Wildman–Crippen MR) is 123 cm³/mol. The van der Waals surface area contributed by atoms with Crippen molar-refractivity contribution in [3.05, 3.63) is 28.8 Å². The van der Waals surface area contributed by atoms with Gasteiger partial charge in [-0.3, -0.25) is 4.99 Å². The molecule has 0 bridgehead atoms. The summed E-state index contributed by atoms with van der Waals surface area (Å²) in [5.41, 5.74) is 7.03. The van der Waals surface area contributed by atoms with E-state index in [2.05, 4.69) is 10.3 Å². The van der Waals surface area contributed by atoms with E-state index in [0.29, 0.717) is 50.3 Å². The molecule has 28 heavy (non-hydrogen) atoms. The molecule has 1 saturated heterocycles. The first kappa shape index (κ1) is 24.6. The summed E-state index contributed by atoms with van der Waals surface area (Å²) in [5, 5.41) is 3.92. The maximum Gasteiger partial charge on any atom is 0.409 e. The number of guanidine groups is 1. The molecule has 2 rings (SSSR count). The first-order chi connectivity index (χ1) is 13.0. The lowest BCUT2D eigenvalue weighted by Gasteiger charge is -2.31. The summed E-state index contributed by atoms with van der Waals surface area (Å²) in [7, 11) is 0. The maximum atomic E-state index is 11.7. The second-order valence-corrected chi connectivity index (χ2v) is 6.74. The molecule has 0 aliphatic carbocycles. The number of benzene rings is 1. The Morgan fingerprint density at radius 2 is 2.04 bits per heavy atom.